The summed E-state index contributed by atoms with van der Waals surface area (Å²) in [6, 6.07) is 14.2. The van der Waals surface area contributed by atoms with Gasteiger partial charge < -0.3 is 10.1 Å². The lowest BCUT2D eigenvalue weighted by atomic mass is 9.87. The molecule has 0 saturated heterocycles. The maximum atomic E-state index is 11.8. The van der Waals surface area contributed by atoms with Gasteiger partial charge in [0.05, 0.1) is 4.92 Å². The molecule has 29 heavy (non-hydrogen) atoms. The van der Waals surface area contributed by atoms with Crippen molar-refractivity contribution in [1.29, 1.82) is 0 Å². The maximum Gasteiger partial charge on any atom is 0.311 e. The summed E-state index contributed by atoms with van der Waals surface area (Å²) in [5, 5.41) is 14.0. The highest BCUT2D eigenvalue weighted by Gasteiger charge is 2.12. The molecule has 0 bridgehead atoms. The molecule has 2 aromatic rings. The predicted molar refractivity (Wildman–Crippen MR) is 114 cm³/mol. The number of carbonyl (C=O) groups excluding carboxylic acids is 1. The number of unbranched alkanes of at least 4 members (excludes halogenated alkanes) is 2. The fourth-order valence-electron chi connectivity index (χ4n) is 2.87. The van der Waals surface area contributed by atoms with Gasteiger partial charge in [-0.15, -0.1) is 0 Å². The van der Waals surface area contributed by atoms with Crippen LogP contribution in [0.1, 0.15) is 57.6 Å². The first-order valence-electron chi connectivity index (χ1n) is 10.0. The number of esters is 1. The Bertz CT molecular complexity index is 793. The molecule has 0 aliphatic carbocycles. The monoisotopic (exact) mass is 398 g/mol. The Hall–Kier alpha value is -2.73. The minimum atomic E-state index is -0.486. The van der Waals surface area contributed by atoms with E-state index in [-0.39, 0.29) is 17.1 Å². The first-order chi connectivity index (χ1) is 13.8. The van der Waals surface area contributed by atoms with Crippen molar-refractivity contribution in [1.82, 2.24) is 5.32 Å². The lowest BCUT2D eigenvalue weighted by molar-refractivity contribution is -0.384. The number of non-ortho nitro benzene ring substituents is 1. The molecule has 6 nitrogen and oxygen atoms in total. The number of nitro groups is 1. The van der Waals surface area contributed by atoms with E-state index >= 15 is 0 Å². The van der Waals surface area contributed by atoms with Crippen molar-refractivity contribution >= 4 is 11.7 Å². The summed E-state index contributed by atoms with van der Waals surface area (Å²) in [4.78, 5) is 22.0. The second kappa shape index (κ2) is 10.7. The topological polar surface area (TPSA) is 81.5 Å². The Morgan fingerprint density at radius 2 is 1.66 bits per heavy atom. The van der Waals surface area contributed by atoms with E-state index in [2.05, 4.69) is 50.4 Å². The van der Waals surface area contributed by atoms with E-state index < -0.39 is 4.92 Å². The van der Waals surface area contributed by atoms with E-state index in [4.69, 9.17) is 4.74 Å². The van der Waals surface area contributed by atoms with Crippen molar-refractivity contribution in [3.8, 4) is 5.75 Å². The zero-order chi connectivity index (χ0) is 21.3. The minimum Gasteiger partial charge on any atom is -0.427 e. The molecule has 0 aliphatic heterocycles. The Balaban J connectivity index is 1.56. The molecule has 0 spiro atoms. The number of hydrogen-bond acceptors (Lipinski definition) is 5. The van der Waals surface area contributed by atoms with Crippen LogP contribution in [0, 0.1) is 10.1 Å². The smallest absolute Gasteiger partial charge is 0.311 e. The first-order valence-corrected chi connectivity index (χ1v) is 10.0. The van der Waals surface area contributed by atoms with Crippen molar-refractivity contribution in [3.63, 3.8) is 0 Å². The van der Waals surface area contributed by atoms with Crippen molar-refractivity contribution in [2.75, 3.05) is 6.54 Å². The van der Waals surface area contributed by atoms with Gasteiger partial charge in [-0.1, -0.05) is 51.5 Å². The third-order valence-electron chi connectivity index (χ3n) is 4.66. The highest BCUT2D eigenvalue weighted by molar-refractivity contribution is 5.72. The van der Waals surface area contributed by atoms with E-state index in [1.165, 1.54) is 35.4 Å². The molecule has 1 N–H and O–H groups in total. The third kappa shape index (κ3) is 8.03. The average Bonchev–Trinajstić information content (AvgIpc) is 2.67. The number of carbonyl (C=O) groups is 1. The van der Waals surface area contributed by atoms with Crippen LogP contribution < -0.4 is 10.1 Å². The van der Waals surface area contributed by atoms with Crippen LogP contribution in [-0.2, 0) is 16.8 Å². The number of rotatable bonds is 10. The summed E-state index contributed by atoms with van der Waals surface area (Å²) < 4.78 is 5.19. The van der Waals surface area contributed by atoms with Crippen molar-refractivity contribution < 1.29 is 14.5 Å². The summed E-state index contributed by atoms with van der Waals surface area (Å²) in [7, 11) is 0. The minimum absolute atomic E-state index is 0.0255. The molecule has 0 fully saturated rings. The Kier molecular flexibility index (Phi) is 8.34. The van der Waals surface area contributed by atoms with Gasteiger partial charge in [0.2, 0.25) is 0 Å². The third-order valence-corrected chi connectivity index (χ3v) is 4.66. The molecule has 0 saturated carbocycles. The molecule has 0 unspecified atom stereocenters. The zero-order valence-electron chi connectivity index (χ0n) is 17.4. The molecule has 6 heteroatoms. The van der Waals surface area contributed by atoms with Gasteiger partial charge in [0.1, 0.15) is 5.75 Å². The highest BCUT2D eigenvalue weighted by atomic mass is 16.6. The predicted octanol–water partition coefficient (Wildman–Crippen LogP) is 5.15. The number of nitro benzene ring substituents is 1. The fourth-order valence-corrected chi connectivity index (χ4v) is 2.87. The second-order valence-electron chi connectivity index (χ2n) is 8.16. The molecule has 2 rings (SSSR count). The average molecular weight is 399 g/mol. The van der Waals surface area contributed by atoms with Gasteiger partial charge in [-0.25, -0.2) is 0 Å². The Labute approximate surface area is 172 Å². The molecular weight excluding hydrogens is 368 g/mol. The van der Waals surface area contributed by atoms with Crippen LogP contribution in [0.4, 0.5) is 5.69 Å². The SMILES string of the molecule is CC(C)(C)c1ccc(CNCCCCCC(=O)Oc2ccc([N+](=O)[O-])cc2)cc1. The summed E-state index contributed by atoms with van der Waals surface area (Å²) in [5.41, 5.74) is 2.75. The van der Waals surface area contributed by atoms with Crippen LogP contribution >= 0.6 is 0 Å². The number of nitrogens with zero attached hydrogens (tertiary/aromatic N) is 1. The van der Waals surface area contributed by atoms with E-state index in [1.54, 1.807) is 0 Å². The van der Waals surface area contributed by atoms with Crippen LogP contribution in [0.2, 0.25) is 0 Å². The van der Waals surface area contributed by atoms with Crippen LogP contribution in [-0.4, -0.2) is 17.4 Å². The second-order valence-corrected chi connectivity index (χ2v) is 8.16. The zero-order valence-corrected chi connectivity index (χ0v) is 17.4. The van der Waals surface area contributed by atoms with Gasteiger partial charge in [-0.2, -0.15) is 0 Å². The van der Waals surface area contributed by atoms with E-state index in [1.807, 2.05) is 0 Å². The normalized spacial score (nSPS) is 11.3. The molecular formula is C23H30N2O4. The van der Waals surface area contributed by atoms with Gasteiger partial charge >= 0.3 is 5.97 Å². The van der Waals surface area contributed by atoms with E-state index in [0.29, 0.717) is 12.2 Å². The van der Waals surface area contributed by atoms with Gasteiger partial charge in [0.25, 0.3) is 5.69 Å². The Morgan fingerprint density at radius 3 is 2.24 bits per heavy atom. The number of ether oxygens (including phenoxy) is 1. The molecule has 0 aliphatic rings. The molecule has 0 atom stereocenters. The van der Waals surface area contributed by atoms with E-state index in [0.717, 1.165) is 32.4 Å². The number of hydrogen-bond donors (Lipinski definition) is 1. The van der Waals surface area contributed by atoms with E-state index in [9.17, 15) is 14.9 Å². The van der Waals surface area contributed by atoms with Crippen LogP contribution in [0.3, 0.4) is 0 Å². The standard InChI is InChI=1S/C23H30N2O4/c1-23(2,3)19-10-8-18(9-11-19)17-24-16-6-4-5-7-22(26)29-21-14-12-20(13-15-21)25(27)28/h8-15,24H,4-7,16-17H2,1-3H3. The lowest BCUT2D eigenvalue weighted by Crippen LogP contribution is -2.15. The fraction of sp³-hybridized carbons (Fsp3) is 0.435. The summed E-state index contributed by atoms with van der Waals surface area (Å²) in [6.07, 6.45) is 3.02. The van der Waals surface area contributed by atoms with Crippen molar-refractivity contribution in [3.05, 3.63) is 69.8 Å². The first kappa shape index (κ1) is 22.6. The van der Waals surface area contributed by atoms with Crippen molar-refractivity contribution in [2.24, 2.45) is 0 Å². The highest BCUT2D eigenvalue weighted by Crippen LogP contribution is 2.22. The van der Waals surface area contributed by atoms with Gasteiger partial charge in [0, 0.05) is 25.1 Å². The number of benzene rings is 2. The molecule has 0 amide bonds. The maximum absolute atomic E-state index is 11.8. The lowest BCUT2D eigenvalue weighted by Gasteiger charge is -2.19. The molecule has 0 radical (unpaired) electrons. The van der Waals surface area contributed by atoms with Crippen LogP contribution in [0.5, 0.6) is 5.75 Å². The summed E-state index contributed by atoms with van der Waals surface area (Å²) >= 11 is 0. The quantitative estimate of drug-likeness (QED) is 0.197. The summed E-state index contributed by atoms with van der Waals surface area (Å²) in [5.74, 6) is 0.0190. The largest absolute Gasteiger partial charge is 0.427 e. The molecule has 156 valence electrons. The van der Waals surface area contributed by atoms with Crippen LogP contribution in [0.15, 0.2) is 48.5 Å². The van der Waals surface area contributed by atoms with Gasteiger partial charge in [0.15, 0.2) is 0 Å². The molecule has 0 heterocycles. The number of nitrogens with one attached hydrogen (secondary N) is 1. The van der Waals surface area contributed by atoms with Gasteiger partial charge in [-0.05, 0) is 48.1 Å². The van der Waals surface area contributed by atoms with Crippen molar-refractivity contribution in [2.45, 2.75) is 58.4 Å². The van der Waals surface area contributed by atoms with Gasteiger partial charge in [-0.3, -0.25) is 14.9 Å². The summed E-state index contributed by atoms with van der Waals surface area (Å²) in [6.45, 7) is 8.37. The Morgan fingerprint density at radius 1 is 1.00 bits per heavy atom. The molecule has 2 aromatic carbocycles. The van der Waals surface area contributed by atoms with Crippen LogP contribution in [0.25, 0.3) is 0 Å². The molecule has 0 aromatic heterocycles.